The number of rotatable bonds is 7. The number of halogens is 1. The maximum Gasteiger partial charge on any atom is 0.307 e. The molecule has 1 aromatic carbocycles. The molecule has 0 saturated heterocycles. The highest BCUT2D eigenvalue weighted by Crippen LogP contribution is 2.21. The third-order valence-electron chi connectivity index (χ3n) is 2.74. The molecule has 6 heteroatoms. The van der Waals surface area contributed by atoms with Crippen LogP contribution in [0.5, 0.6) is 0 Å². The summed E-state index contributed by atoms with van der Waals surface area (Å²) in [7, 11) is 1.37. The molecule has 0 aliphatic carbocycles. The average Bonchev–Trinajstić information content (AvgIpc) is 2.44. The van der Waals surface area contributed by atoms with Crippen molar-refractivity contribution in [2.75, 3.05) is 25.5 Å². The van der Waals surface area contributed by atoms with Crippen LogP contribution >= 0.6 is 11.6 Å². The Morgan fingerprint density at radius 1 is 1.55 bits per heavy atom. The Bertz CT molecular complexity index is 500. The summed E-state index contributed by atoms with van der Waals surface area (Å²) in [6.45, 7) is 3.44. The number of nitrogens with one attached hydrogen (secondary N) is 2. The van der Waals surface area contributed by atoms with Crippen LogP contribution < -0.4 is 10.6 Å². The van der Waals surface area contributed by atoms with Gasteiger partial charge in [0.25, 0.3) is 0 Å². The van der Waals surface area contributed by atoms with Gasteiger partial charge in [0.2, 0.25) is 0 Å². The van der Waals surface area contributed by atoms with Crippen molar-refractivity contribution < 1.29 is 9.53 Å². The van der Waals surface area contributed by atoms with Crippen LogP contribution in [0.15, 0.2) is 18.2 Å². The number of carbonyl (C=O) groups is 1. The number of carbonyl (C=O) groups excluding carboxylic acids is 1. The van der Waals surface area contributed by atoms with E-state index in [2.05, 4.69) is 15.4 Å². The number of nitriles is 1. The first-order valence-electron chi connectivity index (χ1n) is 6.34. The van der Waals surface area contributed by atoms with Gasteiger partial charge in [0.05, 0.1) is 24.1 Å². The Kier molecular flexibility index (Phi) is 6.85. The first-order chi connectivity index (χ1) is 9.60. The molecule has 5 nitrogen and oxygen atoms in total. The summed E-state index contributed by atoms with van der Waals surface area (Å²) in [5, 5.41) is 15.6. The van der Waals surface area contributed by atoms with Gasteiger partial charge in [-0.2, -0.15) is 5.26 Å². The lowest BCUT2D eigenvalue weighted by Gasteiger charge is -2.19. The fourth-order valence-corrected chi connectivity index (χ4v) is 1.93. The summed E-state index contributed by atoms with van der Waals surface area (Å²) in [6.07, 6.45) is 0.251. The molecule has 2 N–H and O–H groups in total. The molecule has 108 valence electrons. The second kappa shape index (κ2) is 8.41. The Morgan fingerprint density at radius 2 is 2.30 bits per heavy atom. The van der Waals surface area contributed by atoms with Gasteiger partial charge in [-0.1, -0.05) is 18.5 Å². The number of hydrogen-bond donors (Lipinski definition) is 2. The van der Waals surface area contributed by atoms with Crippen molar-refractivity contribution in [1.82, 2.24) is 5.32 Å². The van der Waals surface area contributed by atoms with E-state index in [1.165, 1.54) is 7.11 Å². The van der Waals surface area contributed by atoms with Gasteiger partial charge in [0.1, 0.15) is 6.07 Å². The number of nitrogens with zero attached hydrogens (tertiary/aromatic N) is 1. The van der Waals surface area contributed by atoms with Crippen LogP contribution in [0.2, 0.25) is 5.02 Å². The number of anilines is 1. The summed E-state index contributed by atoms with van der Waals surface area (Å²) in [5.74, 6) is -0.278. The van der Waals surface area contributed by atoms with Crippen LogP contribution in [0.1, 0.15) is 18.9 Å². The predicted octanol–water partition coefficient (Wildman–Crippen LogP) is 2.16. The maximum atomic E-state index is 11.4. The molecule has 0 aromatic heterocycles. The first kappa shape index (κ1) is 16.3. The quantitative estimate of drug-likeness (QED) is 0.754. The van der Waals surface area contributed by atoms with E-state index in [-0.39, 0.29) is 18.4 Å². The van der Waals surface area contributed by atoms with E-state index in [1.807, 2.05) is 13.0 Å². The number of hydrogen-bond acceptors (Lipinski definition) is 5. The molecule has 1 atom stereocenters. The van der Waals surface area contributed by atoms with Crippen molar-refractivity contribution in [2.45, 2.75) is 19.4 Å². The van der Waals surface area contributed by atoms with Crippen molar-refractivity contribution in [3.63, 3.8) is 0 Å². The minimum absolute atomic E-state index is 0.105. The summed E-state index contributed by atoms with van der Waals surface area (Å²) < 4.78 is 4.68. The molecular formula is C14H18ClN3O2. The highest BCUT2D eigenvalue weighted by Gasteiger charge is 2.14. The molecule has 0 saturated carbocycles. The molecule has 0 aliphatic heterocycles. The van der Waals surface area contributed by atoms with E-state index in [0.29, 0.717) is 17.1 Å². The smallest absolute Gasteiger partial charge is 0.307 e. The number of likely N-dealkylation sites (N-methyl/N-ethyl adjacent to an activating group) is 1. The van der Waals surface area contributed by atoms with E-state index < -0.39 is 0 Å². The molecule has 1 aromatic rings. The van der Waals surface area contributed by atoms with Gasteiger partial charge in [0.15, 0.2) is 0 Å². The first-order valence-corrected chi connectivity index (χ1v) is 6.72. The zero-order valence-corrected chi connectivity index (χ0v) is 12.3. The van der Waals surface area contributed by atoms with E-state index in [4.69, 9.17) is 16.9 Å². The summed E-state index contributed by atoms with van der Waals surface area (Å²) >= 11 is 5.98. The molecule has 0 spiro atoms. The van der Waals surface area contributed by atoms with Gasteiger partial charge in [-0.15, -0.1) is 0 Å². The topological polar surface area (TPSA) is 74.2 Å². The number of ether oxygens (including phenoxy) is 1. The molecule has 1 unspecified atom stereocenters. The zero-order chi connectivity index (χ0) is 15.0. The van der Waals surface area contributed by atoms with Gasteiger partial charge >= 0.3 is 5.97 Å². The molecular weight excluding hydrogens is 278 g/mol. The minimum atomic E-state index is -0.278. The van der Waals surface area contributed by atoms with E-state index in [9.17, 15) is 4.79 Å². The van der Waals surface area contributed by atoms with E-state index in [0.717, 1.165) is 12.2 Å². The number of benzene rings is 1. The van der Waals surface area contributed by atoms with Crippen LogP contribution in [0.4, 0.5) is 5.69 Å². The standard InChI is InChI=1S/C14H18ClN3O2/c1-3-17-9-12(7-14(19)20-2)18-11-5-4-10(8-16)13(15)6-11/h4-6,12,17-18H,3,7,9H2,1-2H3. The average molecular weight is 296 g/mol. The molecule has 0 amide bonds. The summed E-state index contributed by atoms with van der Waals surface area (Å²) in [6, 6.07) is 6.99. The van der Waals surface area contributed by atoms with Crippen LogP contribution in [0, 0.1) is 11.3 Å². The van der Waals surface area contributed by atoms with Gasteiger partial charge < -0.3 is 15.4 Å². The molecule has 0 radical (unpaired) electrons. The lowest BCUT2D eigenvalue weighted by atomic mass is 10.1. The fraction of sp³-hybridized carbons (Fsp3) is 0.429. The minimum Gasteiger partial charge on any atom is -0.469 e. The Labute approximate surface area is 123 Å². The second-order valence-corrected chi connectivity index (χ2v) is 4.64. The zero-order valence-electron chi connectivity index (χ0n) is 11.6. The van der Waals surface area contributed by atoms with Crippen molar-refractivity contribution in [3.05, 3.63) is 28.8 Å². The Morgan fingerprint density at radius 3 is 2.85 bits per heavy atom. The van der Waals surface area contributed by atoms with Crippen molar-refractivity contribution in [2.24, 2.45) is 0 Å². The lowest BCUT2D eigenvalue weighted by Crippen LogP contribution is -2.35. The van der Waals surface area contributed by atoms with Crippen LogP contribution in [0.3, 0.4) is 0 Å². The monoisotopic (exact) mass is 295 g/mol. The van der Waals surface area contributed by atoms with Gasteiger partial charge in [-0.05, 0) is 24.7 Å². The predicted molar refractivity (Wildman–Crippen MR) is 78.8 cm³/mol. The maximum absolute atomic E-state index is 11.4. The SMILES string of the molecule is CCNCC(CC(=O)OC)Nc1ccc(C#N)c(Cl)c1. The highest BCUT2D eigenvalue weighted by atomic mass is 35.5. The molecule has 0 fully saturated rings. The van der Waals surface area contributed by atoms with Crippen molar-refractivity contribution in [1.29, 1.82) is 5.26 Å². The molecule has 0 heterocycles. The van der Waals surface area contributed by atoms with Crippen LogP contribution in [0.25, 0.3) is 0 Å². The third-order valence-corrected chi connectivity index (χ3v) is 3.05. The Balaban J connectivity index is 2.75. The third kappa shape index (κ3) is 5.08. The van der Waals surface area contributed by atoms with E-state index >= 15 is 0 Å². The van der Waals surface area contributed by atoms with Crippen LogP contribution in [-0.2, 0) is 9.53 Å². The van der Waals surface area contributed by atoms with Crippen LogP contribution in [-0.4, -0.2) is 32.2 Å². The van der Waals surface area contributed by atoms with Crippen molar-refractivity contribution in [3.8, 4) is 6.07 Å². The number of methoxy groups -OCH3 is 1. The molecule has 0 bridgehead atoms. The van der Waals surface area contributed by atoms with E-state index in [1.54, 1.807) is 18.2 Å². The number of esters is 1. The van der Waals surface area contributed by atoms with Gasteiger partial charge in [0, 0.05) is 18.3 Å². The fourth-order valence-electron chi connectivity index (χ4n) is 1.71. The molecule has 1 rings (SSSR count). The largest absolute Gasteiger partial charge is 0.469 e. The lowest BCUT2D eigenvalue weighted by molar-refractivity contribution is -0.140. The summed E-state index contributed by atoms with van der Waals surface area (Å²) in [4.78, 5) is 11.4. The van der Waals surface area contributed by atoms with Gasteiger partial charge in [-0.25, -0.2) is 0 Å². The second-order valence-electron chi connectivity index (χ2n) is 4.24. The van der Waals surface area contributed by atoms with Crippen molar-refractivity contribution >= 4 is 23.3 Å². The summed E-state index contributed by atoms with van der Waals surface area (Å²) in [5.41, 5.74) is 1.19. The molecule has 0 aliphatic rings. The van der Waals surface area contributed by atoms with Gasteiger partial charge in [-0.3, -0.25) is 4.79 Å². The molecule has 20 heavy (non-hydrogen) atoms. The normalized spacial score (nSPS) is 11.5. The Hall–Kier alpha value is -1.77. The highest BCUT2D eigenvalue weighted by molar-refractivity contribution is 6.32.